The summed E-state index contributed by atoms with van der Waals surface area (Å²) in [5, 5.41) is 0. The van der Waals surface area contributed by atoms with Crippen molar-refractivity contribution in [2.24, 2.45) is 0 Å². The van der Waals surface area contributed by atoms with Crippen molar-refractivity contribution >= 4 is 15.7 Å². The average molecular weight is 180 g/mol. The molecular weight excluding hydrogens is 167 g/mol. The molecular formula is C5H13O3PSi. The van der Waals surface area contributed by atoms with Crippen LogP contribution in [0.15, 0.2) is 11.5 Å². The molecule has 0 aliphatic rings. The SMILES string of the molecule is C=C([Si](C)(C)C)P(=O)(O)O. The lowest BCUT2D eigenvalue weighted by Crippen LogP contribution is -2.22. The van der Waals surface area contributed by atoms with E-state index in [-0.39, 0.29) is 4.94 Å². The molecule has 0 saturated carbocycles. The summed E-state index contributed by atoms with van der Waals surface area (Å²) in [5.74, 6) is 0. The Morgan fingerprint density at radius 1 is 1.40 bits per heavy atom. The normalized spacial score (nSPS) is 13.3. The summed E-state index contributed by atoms with van der Waals surface area (Å²) in [7, 11) is -5.86. The van der Waals surface area contributed by atoms with Gasteiger partial charge >= 0.3 is 7.60 Å². The van der Waals surface area contributed by atoms with Gasteiger partial charge in [0, 0.05) is 4.94 Å². The van der Waals surface area contributed by atoms with Crippen LogP contribution >= 0.6 is 7.60 Å². The first kappa shape index (κ1) is 10.1. The summed E-state index contributed by atoms with van der Waals surface area (Å²) in [6.45, 7) is 8.96. The van der Waals surface area contributed by atoms with Crippen LogP contribution < -0.4 is 0 Å². The van der Waals surface area contributed by atoms with Crippen LogP contribution in [0.5, 0.6) is 0 Å². The van der Waals surface area contributed by atoms with Gasteiger partial charge in [0.2, 0.25) is 0 Å². The molecule has 3 nitrogen and oxygen atoms in total. The Balaban J connectivity index is 4.57. The number of hydrogen-bond acceptors (Lipinski definition) is 1. The van der Waals surface area contributed by atoms with Crippen LogP contribution in [0.4, 0.5) is 0 Å². The van der Waals surface area contributed by atoms with E-state index in [2.05, 4.69) is 6.58 Å². The summed E-state index contributed by atoms with van der Waals surface area (Å²) < 4.78 is 10.6. The highest BCUT2D eigenvalue weighted by molar-refractivity contribution is 7.61. The van der Waals surface area contributed by atoms with E-state index >= 15 is 0 Å². The quantitative estimate of drug-likeness (QED) is 0.500. The summed E-state index contributed by atoms with van der Waals surface area (Å²) in [6, 6.07) is 0. The van der Waals surface area contributed by atoms with Gasteiger partial charge in [-0.1, -0.05) is 26.2 Å². The number of rotatable bonds is 2. The van der Waals surface area contributed by atoms with Crippen LogP contribution in [0.25, 0.3) is 0 Å². The summed E-state index contributed by atoms with van der Waals surface area (Å²) in [5.41, 5.74) is 0. The van der Waals surface area contributed by atoms with Crippen molar-refractivity contribution in [2.45, 2.75) is 19.6 Å². The van der Waals surface area contributed by atoms with Crippen molar-refractivity contribution in [3.05, 3.63) is 11.5 Å². The van der Waals surface area contributed by atoms with Gasteiger partial charge < -0.3 is 9.79 Å². The highest BCUT2D eigenvalue weighted by Crippen LogP contribution is 2.48. The molecule has 0 atom stereocenters. The van der Waals surface area contributed by atoms with E-state index in [1.165, 1.54) is 0 Å². The van der Waals surface area contributed by atoms with E-state index in [4.69, 9.17) is 9.79 Å². The lowest BCUT2D eigenvalue weighted by molar-refractivity contribution is 0.384. The molecule has 0 bridgehead atoms. The minimum Gasteiger partial charge on any atom is -0.322 e. The molecule has 10 heavy (non-hydrogen) atoms. The van der Waals surface area contributed by atoms with Crippen LogP contribution in [0.3, 0.4) is 0 Å². The highest BCUT2D eigenvalue weighted by atomic mass is 31.2. The fraction of sp³-hybridized carbons (Fsp3) is 0.600. The smallest absolute Gasteiger partial charge is 0.322 e. The molecule has 0 fully saturated rings. The molecule has 5 heteroatoms. The zero-order chi connectivity index (χ0) is 8.58. The zero-order valence-electron chi connectivity index (χ0n) is 6.46. The predicted octanol–water partition coefficient (Wildman–Crippen LogP) is 1.56. The Labute approximate surface area is 61.9 Å². The molecule has 0 heterocycles. The first-order valence-electron chi connectivity index (χ1n) is 2.91. The van der Waals surface area contributed by atoms with Gasteiger partial charge in [0.1, 0.15) is 0 Å². The summed E-state index contributed by atoms with van der Waals surface area (Å²) in [4.78, 5) is 17.5. The zero-order valence-corrected chi connectivity index (χ0v) is 8.35. The Morgan fingerprint density at radius 2 is 1.70 bits per heavy atom. The van der Waals surface area contributed by atoms with Crippen molar-refractivity contribution in [1.29, 1.82) is 0 Å². The second-order valence-corrected chi connectivity index (χ2v) is 10.4. The predicted molar refractivity (Wildman–Crippen MR) is 44.5 cm³/mol. The second-order valence-electron chi connectivity index (χ2n) is 3.24. The van der Waals surface area contributed by atoms with E-state index in [0.29, 0.717) is 0 Å². The Hall–Kier alpha value is 0.107. The molecule has 0 aromatic heterocycles. The summed E-state index contributed by atoms with van der Waals surface area (Å²) >= 11 is 0. The third kappa shape index (κ3) is 2.79. The fourth-order valence-electron chi connectivity index (χ4n) is 0.437. The third-order valence-corrected chi connectivity index (χ3v) is 6.54. The van der Waals surface area contributed by atoms with Gasteiger partial charge in [-0.15, -0.1) is 0 Å². The van der Waals surface area contributed by atoms with Gasteiger partial charge in [-0.05, 0) is 0 Å². The second kappa shape index (κ2) is 2.62. The Morgan fingerprint density at radius 3 is 1.70 bits per heavy atom. The minimum absolute atomic E-state index is 0.125. The Kier molecular flexibility index (Phi) is 2.65. The van der Waals surface area contributed by atoms with Crippen LogP contribution in [0.1, 0.15) is 0 Å². The van der Waals surface area contributed by atoms with Crippen molar-refractivity contribution < 1.29 is 14.4 Å². The average Bonchev–Trinajstić information content (AvgIpc) is 1.59. The van der Waals surface area contributed by atoms with E-state index in [0.717, 1.165) is 0 Å². The van der Waals surface area contributed by atoms with Crippen molar-refractivity contribution in [3.8, 4) is 0 Å². The Bertz CT molecular complexity index is 188. The maximum Gasteiger partial charge on any atom is 0.347 e. The topological polar surface area (TPSA) is 57.5 Å². The first-order valence-corrected chi connectivity index (χ1v) is 8.02. The van der Waals surface area contributed by atoms with Crippen LogP contribution in [-0.4, -0.2) is 17.9 Å². The van der Waals surface area contributed by atoms with Crippen LogP contribution in [-0.2, 0) is 4.57 Å². The van der Waals surface area contributed by atoms with E-state index in [9.17, 15) is 4.57 Å². The molecule has 0 radical (unpaired) electrons. The minimum atomic E-state index is -4.01. The molecule has 0 aromatic rings. The maximum absolute atomic E-state index is 10.6. The van der Waals surface area contributed by atoms with Gasteiger partial charge in [-0.3, -0.25) is 4.57 Å². The van der Waals surface area contributed by atoms with Gasteiger partial charge in [-0.2, -0.15) is 0 Å². The monoisotopic (exact) mass is 180 g/mol. The highest BCUT2D eigenvalue weighted by Gasteiger charge is 2.30. The maximum atomic E-state index is 10.6. The van der Waals surface area contributed by atoms with E-state index < -0.39 is 15.7 Å². The molecule has 0 aromatic carbocycles. The molecule has 0 aliphatic carbocycles. The van der Waals surface area contributed by atoms with E-state index in [1.54, 1.807) is 0 Å². The van der Waals surface area contributed by atoms with Crippen molar-refractivity contribution in [3.63, 3.8) is 0 Å². The molecule has 0 spiro atoms. The molecule has 0 aliphatic heterocycles. The van der Waals surface area contributed by atoms with Crippen LogP contribution in [0, 0.1) is 0 Å². The molecule has 0 rings (SSSR count). The summed E-state index contributed by atoms with van der Waals surface area (Å²) in [6.07, 6.45) is 0. The molecule has 0 unspecified atom stereocenters. The number of hydrogen-bond donors (Lipinski definition) is 2. The molecule has 60 valence electrons. The molecule has 0 amide bonds. The lowest BCUT2D eigenvalue weighted by atomic mass is 11.2. The lowest BCUT2D eigenvalue weighted by Gasteiger charge is -2.19. The standard InChI is InChI=1S/C5H13O3PSi/c1-5(9(6,7)8)10(2,3)4/h1H2,2-4H3,(H2,6,7,8). The van der Waals surface area contributed by atoms with Crippen molar-refractivity contribution in [1.82, 2.24) is 0 Å². The third-order valence-electron chi connectivity index (χ3n) is 1.22. The fourth-order valence-corrected chi connectivity index (χ4v) is 3.93. The van der Waals surface area contributed by atoms with E-state index in [1.807, 2.05) is 19.6 Å². The first-order chi connectivity index (χ1) is 4.15. The molecule has 0 saturated heterocycles. The largest absolute Gasteiger partial charge is 0.347 e. The van der Waals surface area contributed by atoms with Gasteiger partial charge in [0.25, 0.3) is 0 Å². The molecule has 2 N–H and O–H groups in total. The van der Waals surface area contributed by atoms with Gasteiger partial charge in [-0.25, -0.2) is 0 Å². The van der Waals surface area contributed by atoms with Crippen LogP contribution in [0.2, 0.25) is 19.6 Å². The van der Waals surface area contributed by atoms with Gasteiger partial charge in [0.05, 0.1) is 8.07 Å². The van der Waals surface area contributed by atoms with Gasteiger partial charge in [0.15, 0.2) is 0 Å². The van der Waals surface area contributed by atoms with Crippen molar-refractivity contribution in [2.75, 3.05) is 0 Å².